The molecule has 0 bridgehead atoms. The Morgan fingerprint density at radius 2 is 1.95 bits per heavy atom. The minimum Gasteiger partial charge on any atom is -0.360 e. The summed E-state index contributed by atoms with van der Waals surface area (Å²) < 4.78 is 0. The van der Waals surface area contributed by atoms with E-state index >= 15 is 0 Å². The Bertz CT molecular complexity index is 452. The first-order valence-corrected chi connectivity index (χ1v) is 7.65. The monoisotopic (exact) mass is 275 g/mol. The van der Waals surface area contributed by atoms with Gasteiger partial charge in [0.15, 0.2) is 5.13 Å². The Morgan fingerprint density at radius 1 is 1.21 bits per heavy atom. The van der Waals surface area contributed by atoms with E-state index in [-0.39, 0.29) is 0 Å². The summed E-state index contributed by atoms with van der Waals surface area (Å²) in [6, 6.07) is 11.1. The molecule has 1 aromatic carbocycles. The Labute approximate surface area is 119 Å². The number of hydrogen-bond acceptors (Lipinski definition) is 4. The maximum Gasteiger partial charge on any atom is 0.182 e. The molecule has 3 nitrogen and oxygen atoms in total. The van der Waals surface area contributed by atoms with Crippen LogP contribution in [0.3, 0.4) is 0 Å². The number of nitrogens with zero attached hydrogens (tertiary/aromatic N) is 2. The first kappa shape index (κ1) is 14.0. The van der Waals surface area contributed by atoms with Crippen LogP contribution in [0.4, 0.5) is 5.13 Å². The molecule has 0 spiro atoms. The Morgan fingerprint density at radius 3 is 2.53 bits per heavy atom. The molecule has 0 aliphatic heterocycles. The van der Waals surface area contributed by atoms with Crippen LogP contribution in [0.2, 0.25) is 0 Å². The molecule has 19 heavy (non-hydrogen) atoms. The minimum atomic E-state index is 0.389. The van der Waals surface area contributed by atoms with Gasteiger partial charge in [-0.05, 0) is 18.7 Å². The summed E-state index contributed by atoms with van der Waals surface area (Å²) >= 11 is 1.65. The first-order valence-electron chi connectivity index (χ1n) is 6.77. The molecule has 1 N–H and O–H groups in total. The number of aromatic nitrogens is 1. The van der Waals surface area contributed by atoms with Crippen molar-refractivity contribution in [2.45, 2.75) is 19.9 Å². The van der Waals surface area contributed by atoms with Crippen molar-refractivity contribution < 1.29 is 0 Å². The molecule has 1 atom stereocenters. The predicted molar refractivity (Wildman–Crippen MR) is 82.7 cm³/mol. The minimum absolute atomic E-state index is 0.389. The number of likely N-dealkylation sites (N-methyl/N-ethyl adjacent to an activating group) is 1. The van der Waals surface area contributed by atoms with E-state index in [1.165, 1.54) is 5.56 Å². The molecule has 0 aliphatic carbocycles. The third-order valence-electron chi connectivity index (χ3n) is 3.32. The van der Waals surface area contributed by atoms with Crippen LogP contribution in [0.25, 0.3) is 0 Å². The first-order chi connectivity index (χ1) is 9.35. The van der Waals surface area contributed by atoms with Gasteiger partial charge in [-0.2, -0.15) is 0 Å². The molecule has 0 saturated carbocycles. The SMILES string of the molecule is CCN(CC)C(CNc1nccs1)c1ccccc1. The number of rotatable bonds is 7. The topological polar surface area (TPSA) is 28.2 Å². The van der Waals surface area contributed by atoms with Crippen molar-refractivity contribution in [2.75, 3.05) is 25.0 Å². The van der Waals surface area contributed by atoms with Gasteiger partial charge in [0.25, 0.3) is 0 Å². The molecule has 0 saturated heterocycles. The normalized spacial score (nSPS) is 12.6. The van der Waals surface area contributed by atoms with Crippen LogP contribution in [0.1, 0.15) is 25.5 Å². The largest absolute Gasteiger partial charge is 0.360 e. The van der Waals surface area contributed by atoms with E-state index in [1.54, 1.807) is 11.3 Å². The standard InChI is InChI=1S/C15H21N3S/c1-3-18(4-2)14(13-8-6-5-7-9-13)12-17-15-16-10-11-19-15/h5-11,14H,3-4,12H2,1-2H3,(H,16,17). The number of nitrogens with one attached hydrogen (secondary N) is 1. The maximum atomic E-state index is 4.28. The van der Waals surface area contributed by atoms with Gasteiger partial charge in [0.1, 0.15) is 0 Å². The zero-order valence-corrected chi connectivity index (χ0v) is 12.4. The van der Waals surface area contributed by atoms with E-state index in [9.17, 15) is 0 Å². The quantitative estimate of drug-likeness (QED) is 0.836. The van der Waals surface area contributed by atoms with Gasteiger partial charge in [-0.3, -0.25) is 4.90 Å². The van der Waals surface area contributed by atoms with Crippen LogP contribution in [0.5, 0.6) is 0 Å². The van der Waals surface area contributed by atoms with E-state index in [4.69, 9.17) is 0 Å². The van der Waals surface area contributed by atoms with E-state index in [1.807, 2.05) is 11.6 Å². The van der Waals surface area contributed by atoms with E-state index < -0.39 is 0 Å². The highest BCUT2D eigenvalue weighted by atomic mass is 32.1. The lowest BCUT2D eigenvalue weighted by Crippen LogP contribution is -2.33. The van der Waals surface area contributed by atoms with Crippen LogP contribution in [0.15, 0.2) is 41.9 Å². The number of thiazole rings is 1. The summed E-state index contributed by atoms with van der Waals surface area (Å²) in [5.74, 6) is 0. The Balaban J connectivity index is 2.10. The van der Waals surface area contributed by atoms with E-state index in [2.05, 4.69) is 59.4 Å². The second kappa shape index (κ2) is 7.26. The van der Waals surface area contributed by atoms with E-state index in [0.29, 0.717) is 6.04 Å². The fourth-order valence-electron chi connectivity index (χ4n) is 2.29. The molecule has 1 unspecified atom stereocenters. The van der Waals surface area contributed by atoms with Crippen molar-refractivity contribution in [3.8, 4) is 0 Å². The maximum absolute atomic E-state index is 4.28. The summed E-state index contributed by atoms with van der Waals surface area (Å²) in [4.78, 5) is 6.75. The summed E-state index contributed by atoms with van der Waals surface area (Å²) in [6.07, 6.45) is 1.84. The van der Waals surface area contributed by atoms with Gasteiger partial charge in [-0.25, -0.2) is 4.98 Å². The molecule has 2 aromatic rings. The van der Waals surface area contributed by atoms with E-state index in [0.717, 1.165) is 24.8 Å². The second-order valence-corrected chi connectivity index (χ2v) is 5.26. The van der Waals surface area contributed by atoms with Gasteiger partial charge >= 0.3 is 0 Å². The average Bonchev–Trinajstić information content (AvgIpc) is 2.97. The van der Waals surface area contributed by atoms with Gasteiger partial charge < -0.3 is 5.32 Å². The smallest absolute Gasteiger partial charge is 0.182 e. The second-order valence-electron chi connectivity index (χ2n) is 4.37. The molecular formula is C15H21N3S. The van der Waals surface area contributed by atoms with Gasteiger partial charge in [0.05, 0.1) is 6.04 Å². The summed E-state index contributed by atoms with van der Waals surface area (Å²) in [5.41, 5.74) is 1.36. The predicted octanol–water partition coefficient (Wildman–Crippen LogP) is 3.64. The number of benzene rings is 1. The molecule has 0 fully saturated rings. The highest BCUT2D eigenvalue weighted by Crippen LogP contribution is 2.21. The molecule has 0 aliphatic rings. The third-order valence-corrected chi connectivity index (χ3v) is 4.05. The van der Waals surface area contributed by atoms with Crippen molar-refractivity contribution in [3.05, 3.63) is 47.5 Å². The van der Waals surface area contributed by atoms with Gasteiger partial charge in [-0.15, -0.1) is 11.3 Å². The van der Waals surface area contributed by atoms with Crippen LogP contribution in [-0.2, 0) is 0 Å². The van der Waals surface area contributed by atoms with Gasteiger partial charge in [-0.1, -0.05) is 44.2 Å². The van der Waals surface area contributed by atoms with Crippen molar-refractivity contribution >= 4 is 16.5 Å². The molecule has 0 radical (unpaired) electrons. The molecule has 4 heteroatoms. The fourth-order valence-corrected chi connectivity index (χ4v) is 2.83. The lowest BCUT2D eigenvalue weighted by Gasteiger charge is -2.30. The molecular weight excluding hydrogens is 254 g/mol. The van der Waals surface area contributed by atoms with Crippen molar-refractivity contribution in [3.63, 3.8) is 0 Å². The Kier molecular flexibility index (Phi) is 5.36. The average molecular weight is 275 g/mol. The number of hydrogen-bond donors (Lipinski definition) is 1. The molecule has 1 aromatic heterocycles. The summed E-state index contributed by atoms with van der Waals surface area (Å²) in [7, 11) is 0. The molecule has 1 heterocycles. The van der Waals surface area contributed by atoms with Gasteiger partial charge in [0, 0.05) is 18.1 Å². The number of anilines is 1. The zero-order valence-electron chi connectivity index (χ0n) is 11.5. The van der Waals surface area contributed by atoms with Crippen LogP contribution < -0.4 is 5.32 Å². The van der Waals surface area contributed by atoms with Crippen molar-refractivity contribution in [2.24, 2.45) is 0 Å². The zero-order chi connectivity index (χ0) is 13.5. The molecule has 102 valence electrons. The van der Waals surface area contributed by atoms with Crippen molar-refractivity contribution in [1.29, 1.82) is 0 Å². The van der Waals surface area contributed by atoms with Crippen LogP contribution in [0, 0.1) is 0 Å². The van der Waals surface area contributed by atoms with Gasteiger partial charge in [0.2, 0.25) is 0 Å². The third kappa shape index (κ3) is 3.78. The van der Waals surface area contributed by atoms with Crippen LogP contribution >= 0.6 is 11.3 Å². The molecule has 2 rings (SSSR count). The highest BCUT2D eigenvalue weighted by Gasteiger charge is 2.17. The Hall–Kier alpha value is -1.39. The molecule has 0 amide bonds. The summed E-state index contributed by atoms with van der Waals surface area (Å²) in [6.45, 7) is 7.41. The van der Waals surface area contributed by atoms with Crippen LogP contribution in [-0.4, -0.2) is 29.5 Å². The summed E-state index contributed by atoms with van der Waals surface area (Å²) in [5, 5.41) is 6.43. The lowest BCUT2D eigenvalue weighted by molar-refractivity contribution is 0.228. The highest BCUT2D eigenvalue weighted by molar-refractivity contribution is 7.13. The lowest BCUT2D eigenvalue weighted by atomic mass is 10.1. The fraction of sp³-hybridized carbons (Fsp3) is 0.400. The van der Waals surface area contributed by atoms with Crippen molar-refractivity contribution in [1.82, 2.24) is 9.88 Å².